The smallest absolute Gasteiger partial charge is 0.173 e. The Bertz CT molecular complexity index is 1000. The number of tetrazole rings is 1. The summed E-state index contributed by atoms with van der Waals surface area (Å²) in [6.45, 7) is 2.46. The minimum Gasteiger partial charge on any atom is -0.383 e. The summed E-state index contributed by atoms with van der Waals surface area (Å²) in [6.07, 6.45) is 2.96. The molecule has 1 unspecified atom stereocenters. The monoisotopic (exact) mass is 411 g/mol. The van der Waals surface area contributed by atoms with Crippen LogP contribution in [0.15, 0.2) is 54.6 Å². The molecule has 30 heavy (non-hydrogen) atoms. The molecule has 1 aromatic heterocycles. The molecule has 4 rings (SSSR count). The van der Waals surface area contributed by atoms with Gasteiger partial charge in [-0.15, -0.1) is 5.10 Å². The van der Waals surface area contributed by atoms with Crippen molar-refractivity contribution < 1.29 is 13.5 Å². The first-order valence-corrected chi connectivity index (χ1v) is 9.85. The van der Waals surface area contributed by atoms with Gasteiger partial charge in [-0.05, 0) is 57.8 Å². The highest BCUT2D eigenvalue weighted by molar-refractivity contribution is 5.66. The van der Waals surface area contributed by atoms with Crippen LogP contribution in [0, 0.1) is 11.6 Å². The quantitative estimate of drug-likeness (QED) is 0.596. The van der Waals surface area contributed by atoms with Crippen LogP contribution in [-0.2, 0) is 11.3 Å². The molecular weight excluding hydrogens is 388 g/mol. The predicted octanol–water partition coefficient (Wildman–Crippen LogP) is 3.48. The molecule has 156 valence electrons. The summed E-state index contributed by atoms with van der Waals surface area (Å²) < 4.78 is 33.7. The molecule has 1 aliphatic rings. The molecular formula is C22H23F2N5O. The van der Waals surface area contributed by atoms with E-state index in [0.29, 0.717) is 25.5 Å². The van der Waals surface area contributed by atoms with E-state index in [1.54, 1.807) is 36.1 Å². The molecule has 2 heterocycles. The average molecular weight is 411 g/mol. The molecule has 8 heteroatoms. The second-order valence-electron chi connectivity index (χ2n) is 7.19. The highest BCUT2D eigenvalue weighted by atomic mass is 19.1. The lowest BCUT2D eigenvalue weighted by molar-refractivity contribution is 0.176. The normalized spacial score (nSPS) is 15.8. The Hall–Kier alpha value is -2.97. The maximum atomic E-state index is 13.5. The van der Waals surface area contributed by atoms with Gasteiger partial charge in [-0.3, -0.25) is 4.90 Å². The molecule has 0 aliphatic carbocycles. The largest absolute Gasteiger partial charge is 0.383 e. The van der Waals surface area contributed by atoms with Crippen molar-refractivity contribution >= 4 is 5.57 Å². The van der Waals surface area contributed by atoms with Gasteiger partial charge < -0.3 is 4.74 Å². The van der Waals surface area contributed by atoms with Crippen molar-refractivity contribution in [2.45, 2.75) is 19.0 Å². The van der Waals surface area contributed by atoms with Gasteiger partial charge in [0.05, 0.1) is 19.2 Å². The Morgan fingerprint density at radius 3 is 2.37 bits per heavy atom. The number of aromatic nitrogens is 4. The fourth-order valence-electron chi connectivity index (χ4n) is 3.76. The third-order valence-electron chi connectivity index (χ3n) is 5.32. The number of hydrogen-bond donors (Lipinski definition) is 0. The van der Waals surface area contributed by atoms with Gasteiger partial charge in [0.15, 0.2) is 5.82 Å². The molecule has 0 saturated heterocycles. The standard InChI is InChI=1S/C22H23F2N5O/c1-30-15-14-29-22(25-26-27-29)21(18-4-8-20(24)9-5-18)28-12-10-17(11-13-28)16-2-6-19(23)7-3-16/h2-10,21H,11-15H2,1H3. The van der Waals surface area contributed by atoms with E-state index in [2.05, 4.69) is 26.5 Å². The molecule has 0 N–H and O–H groups in total. The first-order valence-electron chi connectivity index (χ1n) is 9.85. The molecule has 6 nitrogen and oxygen atoms in total. The van der Waals surface area contributed by atoms with Gasteiger partial charge in [-0.2, -0.15) is 0 Å². The molecule has 0 fully saturated rings. The Balaban J connectivity index is 1.63. The summed E-state index contributed by atoms with van der Waals surface area (Å²) >= 11 is 0. The molecule has 0 spiro atoms. The lowest BCUT2D eigenvalue weighted by Gasteiger charge is -2.33. The Morgan fingerprint density at radius 1 is 1.03 bits per heavy atom. The maximum absolute atomic E-state index is 13.5. The second kappa shape index (κ2) is 9.23. The van der Waals surface area contributed by atoms with E-state index in [4.69, 9.17) is 4.74 Å². The summed E-state index contributed by atoms with van der Waals surface area (Å²) in [5.74, 6) is 0.168. The van der Waals surface area contributed by atoms with Crippen LogP contribution in [-0.4, -0.2) is 51.9 Å². The molecule has 0 bridgehead atoms. The van der Waals surface area contributed by atoms with Gasteiger partial charge in [0.2, 0.25) is 0 Å². The summed E-state index contributed by atoms with van der Waals surface area (Å²) in [4.78, 5) is 2.26. The average Bonchev–Trinajstić information content (AvgIpc) is 3.23. The van der Waals surface area contributed by atoms with E-state index >= 15 is 0 Å². The van der Waals surface area contributed by atoms with Crippen LogP contribution in [0.4, 0.5) is 8.78 Å². The van der Waals surface area contributed by atoms with Gasteiger partial charge in [0.25, 0.3) is 0 Å². The number of rotatable bonds is 7. The van der Waals surface area contributed by atoms with Gasteiger partial charge in [-0.1, -0.05) is 30.3 Å². The van der Waals surface area contributed by atoms with E-state index in [9.17, 15) is 8.78 Å². The molecule has 2 aromatic carbocycles. The van der Waals surface area contributed by atoms with E-state index < -0.39 is 0 Å². The van der Waals surface area contributed by atoms with Crippen molar-refractivity contribution in [3.8, 4) is 0 Å². The van der Waals surface area contributed by atoms with Crippen molar-refractivity contribution in [1.29, 1.82) is 0 Å². The number of halogens is 2. The Morgan fingerprint density at radius 2 is 1.73 bits per heavy atom. The number of nitrogens with zero attached hydrogens (tertiary/aromatic N) is 5. The third kappa shape index (κ3) is 4.44. The third-order valence-corrected chi connectivity index (χ3v) is 5.32. The minimum absolute atomic E-state index is 0.219. The summed E-state index contributed by atoms with van der Waals surface area (Å²) in [7, 11) is 1.63. The minimum atomic E-state index is -0.284. The fraction of sp³-hybridized carbons (Fsp3) is 0.318. The summed E-state index contributed by atoms with van der Waals surface area (Å²) in [5.41, 5.74) is 3.13. The van der Waals surface area contributed by atoms with Crippen LogP contribution in [0.2, 0.25) is 0 Å². The van der Waals surface area contributed by atoms with Crippen LogP contribution in [0.1, 0.15) is 29.4 Å². The Labute approximate surface area is 173 Å². The molecule has 0 radical (unpaired) electrons. The van der Waals surface area contributed by atoms with Gasteiger partial charge in [0, 0.05) is 20.2 Å². The maximum Gasteiger partial charge on any atom is 0.173 e. The number of methoxy groups -OCH3 is 1. The zero-order valence-electron chi connectivity index (χ0n) is 16.7. The lowest BCUT2D eigenvalue weighted by atomic mass is 9.96. The fourth-order valence-corrected chi connectivity index (χ4v) is 3.76. The second-order valence-corrected chi connectivity index (χ2v) is 7.19. The molecule has 0 amide bonds. The van der Waals surface area contributed by atoms with Crippen molar-refractivity contribution in [2.24, 2.45) is 0 Å². The zero-order chi connectivity index (χ0) is 20.9. The predicted molar refractivity (Wildman–Crippen MR) is 109 cm³/mol. The van der Waals surface area contributed by atoms with Crippen LogP contribution >= 0.6 is 0 Å². The topological polar surface area (TPSA) is 56.1 Å². The van der Waals surface area contributed by atoms with E-state index in [1.165, 1.54) is 29.8 Å². The first kappa shape index (κ1) is 20.3. The van der Waals surface area contributed by atoms with Gasteiger partial charge in [-0.25, -0.2) is 13.5 Å². The van der Waals surface area contributed by atoms with Crippen molar-refractivity contribution in [1.82, 2.24) is 25.1 Å². The lowest BCUT2D eigenvalue weighted by Crippen LogP contribution is -2.35. The number of hydrogen-bond acceptors (Lipinski definition) is 5. The molecule has 0 saturated carbocycles. The summed E-state index contributed by atoms with van der Waals surface area (Å²) in [6, 6.07) is 12.8. The first-order chi connectivity index (χ1) is 14.7. The zero-order valence-corrected chi connectivity index (χ0v) is 16.7. The van der Waals surface area contributed by atoms with E-state index in [0.717, 1.165) is 24.1 Å². The van der Waals surface area contributed by atoms with Crippen LogP contribution in [0.5, 0.6) is 0 Å². The molecule has 1 aliphatic heterocycles. The van der Waals surface area contributed by atoms with Crippen molar-refractivity contribution in [2.75, 3.05) is 26.8 Å². The van der Waals surface area contributed by atoms with E-state index in [-0.39, 0.29) is 17.7 Å². The van der Waals surface area contributed by atoms with Crippen molar-refractivity contribution in [3.05, 3.63) is 83.2 Å². The number of benzene rings is 2. The molecule has 1 atom stereocenters. The van der Waals surface area contributed by atoms with Crippen LogP contribution in [0.3, 0.4) is 0 Å². The SMILES string of the molecule is COCCn1nnnc1C(c1ccc(F)cc1)N1CC=C(c2ccc(F)cc2)CC1. The highest BCUT2D eigenvalue weighted by Gasteiger charge is 2.29. The van der Waals surface area contributed by atoms with Crippen LogP contribution in [0.25, 0.3) is 5.57 Å². The van der Waals surface area contributed by atoms with E-state index in [1.807, 2.05) is 0 Å². The summed E-state index contributed by atoms with van der Waals surface area (Å²) in [5, 5.41) is 12.2. The van der Waals surface area contributed by atoms with Gasteiger partial charge >= 0.3 is 0 Å². The number of ether oxygens (including phenoxy) is 1. The molecule has 3 aromatic rings. The van der Waals surface area contributed by atoms with Gasteiger partial charge in [0.1, 0.15) is 11.6 Å². The van der Waals surface area contributed by atoms with Crippen molar-refractivity contribution in [3.63, 3.8) is 0 Å². The van der Waals surface area contributed by atoms with Crippen LogP contribution < -0.4 is 0 Å². The Kier molecular flexibility index (Phi) is 6.25. The highest BCUT2D eigenvalue weighted by Crippen LogP contribution is 2.32.